The molecule has 2 fully saturated rings. The van der Waals surface area contributed by atoms with Gasteiger partial charge in [0.1, 0.15) is 6.04 Å². The van der Waals surface area contributed by atoms with Crippen LogP contribution in [0.25, 0.3) is 0 Å². The third-order valence-corrected chi connectivity index (χ3v) is 3.66. The minimum atomic E-state index is -1.24. The number of nitrogens with zero attached hydrogens (tertiary/aromatic N) is 1. The summed E-state index contributed by atoms with van der Waals surface area (Å²) >= 11 is 0. The van der Waals surface area contributed by atoms with Crippen molar-refractivity contribution in [2.24, 2.45) is 0 Å². The Kier molecular flexibility index (Phi) is 4.24. The van der Waals surface area contributed by atoms with Crippen LogP contribution in [-0.4, -0.2) is 46.7 Å². The van der Waals surface area contributed by atoms with E-state index in [9.17, 15) is 14.4 Å². The van der Waals surface area contributed by atoms with Gasteiger partial charge < -0.3 is 15.7 Å². The predicted molar refractivity (Wildman–Crippen MR) is 66.7 cm³/mol. The molecule has 0 spiro atoms. The van der Waals surface area contributed by atoms with Crippen LogP contribution in [0.2, 0.25) is 0 Å². The summed E-state index contributed by atoms with van der Waals surface area (Å²) in [6.07, 6.45) is 3.64. The van der Waals surface area contributed by atoms with Gasteiger partial charge in [-0.1, -0.05) is 0 Å². The number of likely N-dealkylation sites (tertiary alicyclic amines) is 1. The molecule has 2 aliphatic rings. The molecule has 0 aromatic rings. The molecule has 7 heteroatoms. The number of hydrogen-bond acceptors (Lipinski definition) is 3. The third-order valence-electron chi connectivity index (χ3n) is 3.66. The zero-order chi connectivity index (χ0) is 13.8. The quantitative estimate of drug-likeness (QED) is 0.693. The number of imide groups is 1. The molecule has 1 aliphatic heterocycles. The SMILES string of the molecule is O=C(O)N[C@H]1CCCCN(C(=O)NC2CCC2)C1=O. The largest absolute Gasteiger partial charge is 0.465 e. The van der Waals surface area contributed by atoms with E-state index in [4.69, 9.17) is 5.11 Å². The third kappa shape index (κ3) is 3.36. The van der Waals surface area contributed by atoms with Gasteiger partial charge in [-0.25, -0.2) is 9.59 Å². The lowest BCUT2D eigenvalue weighted by atomic mass is 9.93. The molecule has 2 rings (SSSR count). The summed E-state index contributed by atoms with van der Waals surface area (Å²) in [5.74, 6) is -0.447. The van der Waals surface area contributed by atoms with Gasteiger partial charge in [-0.2, -0.15) is 0 Å². The average Bonchev–Trinajstić information content (AvgIpc) is 2.47. The van der Waals surface area contributed by atoms with E-state index in [2.05, 4.69) is 10.6 Å². The van der Waals surface area contributed by atoms with E-state index in [1.807, 2.05) is 0 Å². The van der Waals surface area contributed by atoms with Crippen molar-refractivity contribution in [3.8, 4) is 0 Å². The number of carbonyl (C=O) groups is 3. The Labute approximate surface area is 111 Å². The van der Waals surface area contributed by atoms with Gasteiger partial charge in [-0.3, -0.25) is 9.69 Å². The molecule has 106 valence electrons. The summed E-state index contributed by atoms with van der Waals surface area (Å²) in [6.45, 7) is 0.356. The van der Waals surface area contributed by atoms with Crippen molar-refractivity contribution in [3.63, 3.8) is 0 Å². The molecule has 19 heavy (non-hydrogen) atoms. The first-order chi connectivity index (χ1) is 9.08. The van der Waals surface area contributed by atoms with Gasteiger partial charge in [-0.05, 0) is 38.5 Å². The Hall–Kier alpha value is -1.79. The minimum Gasteiger partial charge on any atom is -0.465 e. The molecule has 4 amide bonds. The van der Waals surface area contributed by atoms with E-state index in [0.717, 1.165) is 30.6 Å². The van der Waals surface area contributed by atoms with Gasteiger partial charge in [0.2, 0.25) is 0 Å². The number of hydrogen-bond donors (Lipinski definition) is 3. The maximum atomic E-state index is 12.1. The van der Waals surface area contributed by atoms with E-state index in [1.54, 1.807) is 0 Å². The number of carbonyl (C=O) groups excluding carboxylic acids is 2. The van der Waals surface area contributed by atoms with E-state index < -0.39 is 24.1 Å². The Bertz CT molecular complexity index is 381. The first kappa shape index (κ1) is 13.6. The minimum absolute atomic E-state index is 0.162. The first-order valence-corrected chi connectivity index (χ1v) is 6.69. The van der Waals surface area contributed by atoms with Crippen LogP contribution >= 0.6 is 0 Å². The number of amides is 4. The van der Waals surface area contributed by atoms with Gasteiger partial charge in [0.05, 0.1) is 0 Å². The number of nitrogens with one attached hydrogen (secondary N) is 2. The van der Waals surface area contributed by atoms with Gasteiger partial charge >= 0.3 is 12.1 Å². The maximum absolute atomic E-state index is 12.1. The summed E-state index contributed by atoms with van der Waals surface area (Å²) in [6, 6.07) is -1.05. The van der Waals surface area contributed by atoms with E-state index in [-0.39, 0.29) is 6.04 Å². The van der Waals surface area contributed by atoms with Crippen LogP contribution in [0.3, 0.4) is 0 Å². The van der Waals surface area contributed by atoms with Crippen molar-refractivity contribution in [2.45, 2.75) is 50.6 Å². The standard InChI is InChI=1S/C12H19N3O4/c16-10-9(14-12(18)19)6-1-2-7-15(10)11(17)13-8-4-3-5-8/h8-9,14H,1-7H2,(H,13,17)(H,18,19)/t9-/m0/s1. The Balaban J connectivity index is 1.98. The molecule has 1 heterocycles. The molecular weight excluding hydrogens is 250 g/mol. The van der Waals surface area contributed by atoms with Crippen molar-refractivity contribution in [1.82, 2.24) is 15.5 Å². The molecule has 1 saturated heterocycles. The second kappa shape index (κ2) is 5.90. The lowest BCUT2D eigenvalue weighted by molar-refractivity contribution is -0.129. The first-order valence-electron chi connectivity index (χ1n) is 6.69. The fourth-order valence-corrected chi connectivity index (χ4v) is 2.33. The Morgan fingerprint density at radius 1 is 1.11 bits per heavy atom. The zero-order valence-electron chi connectivity index (χ0n) is 10.7. The summed E-state index contributed by atoms with van der Waals surface area (Å²) in [5, 5.41) is 13.7. The van der Waals surface area contributed by atoms with Gasteiger partial charge in [0.15, 0.2) is 0 Å². The molecular formula is C12H19N3O4. The van der Waals surface area contributed by atoms with Gasteiger partial charge in [0.25, 0.3) is 5.91 Å². The second-order valence-corrected chi connectivity index (χ2v) is 5.07. The lowest BCUT2D eigenvalue weighted by Gasteiger charge is -2.30. The number of rotatable bonds is 2. The fraction of sp³-hybridized carbons (Fsp3) is 0.750. The second-order valence-electron chi connectivity index (χ2n) is 5.07. The van der Waals surface area contributed by atoms with Crippen LogP contribution in [0.4, 0.5) is 9.59 Å². The van der Waals surface area contributed by atoms with Crippen LogP contribution in [0, 0.1) is 0 Å². The predicted octanol–water partition coefficient (Wildman–Crippen LogP) is 0.897. The van der Waals surface area contributed by atoms with Gasteiger partial charge in [-0.15, -0.1) is 0 Å². The van der Waals surface area contributed by atoms with Crippen molar-refractivity contribution >= 4 is 18.0 Å². The van der Waals surface area contributed by atoms with Crippen LogP contribution in [0.15, 0.2) is 0 Å². The van der Waals surface area contributed by atoms with E-state index >= 15 is 0 Å². The van der Waals surface area contributed by atoms with Crippen LogP contribution in [0.1, 0.15) is 38.5 Å². The normalized spacial score (nSPS) is 24.3. The van der Waals surface area contributed by atoms with Crippen molar-refractivity contribution in [3.05, 3.63) is 0 Å². The van der Waals surface area contributed by atoms with Crippen LogP contribution in [0.5, 0.6) is 0 Å². The van der Waals surface area contributed by atoms with Crippen molar-refractivity contribution < 1.29 is 19.5 Å². The van der Waals surface area contributed by atoms with E-state index in [1.165, 1.54) is 0 Å². The highest BCUT2D eigenvalue weighted by atomic mass is 16.4. The Morgan fingerprint density at radius 3 is 2.42 bits per heavy atom. The molecule has 1 aliphatic carbocycles. The molecule has 0 aromatic carbocycles. The molecule has 1 atom stereocenters. The van der Waals surface area contributed by atoms with Crippen LogP contribution in [-0.2, 0) is 4.79 Å². The Morgan fingerprint density at radius 2 is 1.84 bits per heavy atom. The van der Waals surface area contributed by atoms with Crippen molar-refractivity contribution in [1.29, 1.82) is 0 Å². The van der Waals surface area contributed by atoms with Crippen molar-refractivity contribution in [2.75, 3.05) is 6.54 Å². The van der Waals surface area contributed by atoms with Crippen LogP contribution < -0.4 is 10.6 Å². The molecule has 7 nitrogen and oxygen atoms in total. The molecule has 0 unspecified atom stereocenters. The van der Waals surface area contributed by atoms with Gasteiger partial charge in [0, 0.05) is 12.6 Å². The molecule has 3 N–H and O–H groups in total. The fourth-order valence-electron chi connectivity index (χ4n) is 2.33. The number of urea groups is 1. The summed E-state index contributed by atoms with van der Waals surface area (Å²) in [7, 11) is 0. The topological polar surface area (TPSA) is 98.7 Å². The van der Waals surface area contributed by atoms with E-state index in [0.29, 0.717) is 19.4 Å². The summed E-state index contributed by atoms with van der Waals surface area (Å²) in [4.78, 5) is 36.0. The highest BCUT2D eigenvalue weighted by molar-refractivity contribution is 5.98. The monoisotopic (exact) mass is 269 g/mol. The molecule has 0 aromatic heterocycles. The zero-order valence-corrected chi connectivity index (χ0v) is 10.7. The highest BCUT2D eigenvalue weighted by Gasteiger charge is 2.33. The average molecular weight is 269 g/mol. The molecule has 0 bridgehead atoms. The maximum Gasteiger partial charge on any atom is 0.405 e. The highest BCUT2D eigenvalue weighted by Crippen LogP contribution is 2.19. The lowest BCUT2D eigenvalue weighted by Crippen LogP contribution is -2.54. The summed E-state index contributed by atoms with van der Waals surface area (Å²) < 4.78 is 0. The smallest absolute Gasteiger partial charge is 0.405 e. The molecule has 1 saturated carbocycles. The molecule has 0 radical (unpaired) electrons. The summed E-state index contributed by atoms with van der Waals surface area (Å²) in [5.41, 5.74) is 0. The number of carboxylic acid groups (broad SMARTS) is 1.